The van der Waals surface area contributed by atoms with Crippen LogP contribution in [0.5, 0.6) is 0 Å². The fourth-order valence-electron chi connectivity index (χ4n) is 10.2. The number of hydrogen-bond acceptors (Lipinski definition) is 18. The number of allylic oxidation sites excluding steroid dienone is 11. The Hall–Kier alpha value is -2.77. The standard InChI is InChI=1S/C63H109NO18/c1-3-5-7-9-11-13-15-17-19-21-22-23-24-25-27-29-31-33-35-37-39-41-51(69)64-46(47(68)40-38-36-34-32-30-28-26-20-18-16-14-12-10-8-6-4-2)45-77-61-57(75)54(72)59(49(43-66)79-61)82-63-58(76)55(73)60(50(44-67)80-63)81-62-56(74)53(71)52(70)48(42-65)78-62/h5,7,11,13,17,19,22-23,25,27,38,40,46-50,52-63,65-68,70-76H,3-4,6,8-10,12,14-16,18,20-21,24,26,28-37,39,41-45H2,1-2H3,(H,64,69)/b7-5-,13-11-,19-17-,23-22-,27-25-,40-38+. The normalized spacial score (nSPS) is 30.1. The van der Waals surface area contributed by atoms with Gasteiger partial charge >= 0.3 is 0 Å². The number of carbonyl (C=O) groups excluding carboxylic acids is 1. The van der Waals surface area contributed by atoms with E-state index in [1.54, 1.807) is 6.08 Å². The summed E-state index contributed by atoms with van der Waals surface area (Å²) >= 11 is 0. The highest BCUT2D eigenvalue weighted by molar-refractivity contribution is 5.76. The largest absolute Gasteiger partial charge is 0.394 e. The predicted octanol–water partition coefficient (Wildman–Crippen LogP) is 6.21. The number of nitrogens with one attached hydrogen (secondary N) is 1. The zero-order chi connectivity index (χ0) is 59.7. The highest BCUT2D eigenvalue weighted by Gasteiger charge is 2.53. The summed E-state index contributed by atoms with van der Waals surface area (Å²) in [4.78, 5) is 13.3. The van der Waals surface area contributed by atoms with E-state index in [0.717, 1.165) is 89.9 Å². The van der Waals surface area contributed by atoms with Crippen LogP contribution in [0, 0.1) is 0 Å². The molecule has 0 bridgehead atoms. The Morgan fingerprint density at radius 2 is 0.841 bits per heavy atom. The van der Waals surface area contributed by atoms with Crippen LogP contribution >= 0.6 is 0 Å². The summed E-state index contributed by atoms with van der Waals surface area (Å²) in [5.41, 5.74) is 0. The van der Waals surface area contributed by atoms with Crippen molar-refractivity contribution in [1.82, 2.24) is 5.32 Å². The van der Waals surface area contributed by atoms with Crippen LogP contribution in [0.2, 0.25) is 0 Å². The maximum absolute atomic E-state index is 13.3. The average Bonchev–Trinajstić information content (AvgIpc) is 3.40. The minimum atomic E-state index is -1.98. The molecule has 0 radical (unpaired) electrons. The molecule has 0 aliphatic carbocycles. The molecule has 12 N–H and O–H groups in total. The molecular weight excluding hydrogens is 1060 g/mol. The molecule has 1 amide bonds. The molecule has 0 aromatic heterocycles. The van der Waals surface area contributed by atoms with Crippen LogP contribution < -0.4 is 5.32 Å². The van der Waals surface area contributed by atoms with E-state index in [1.807, 2.05) is 6.08 Å². The molecular formula is C63H109NO18. The van der Waals surface area contributed by atoms with E-state index in [-0.39, 0.29) is 18.9 Å². The van der Waals surface area contributed by atoms with Gasteiger partial charge in [-0.3, -0.25) is 4.79 Å². The number of rotatable bonds is 45. The molecule has 19 nitrogen and oxygen atoms in total. The van der Waals surface area contributed by atoms with Crippen molar-refractivity contribution < 1.29 is 89.4 Å². The number of ether oxygens (including phenoxy) is 6. The van der Waals surface area contributed by atoms with E-state index in [9.17, 15) is 61.0 Å². The number of aliphatic hydroxyl groups is 11. The lowest BCUT2D eigenvalue weighted by atomic mass is 9.96. The maximum Gasteiger partial charge on any atom is 0.220 e. The van der Waals surface area contributed by atoms with E-state index < -0.39 is 124 Å². The first-order valence-electron chi connectivity index (χ1n) is 31.2. The number of amides is 1. The average molecular weight is 1170 g/mol. The van der Waals surface area contributed by atoms with Crippen LogP contribution in [0.15, 0.2) is 72.9 Å². The lowest BCUT2D eigenvalue weighted by Crippen LogP contribution is -2.66. The molecule has 3 fully saturated rings. The topological polar surface area (TPSA) is 307 Å². The number of carbonyl (C=O) groups is 1. The van der Waals surface area contributed by atoms with E-state index in [1.165, 1.54) is 70.6 Å². The summed E-state index contributed by atoms with van der Waals surface area (Å²) in [5, 5.41) is 120. The van der Waals surface area contributed by atoms with Gasteiger partial charge in [-0.05, 0) is 64.2 Å². The maximum atomic E-state index is 13.3. The molecule has 3 aliphatic heterocycles. The van der Waals surface area contributed by atoms with Gasteiger partial charge in [-0.2, -0.15) is 0 Å². The first-order valence-corrected chi connectivity index (χ1v) is 31.2. The van der Waals surface area contributed by atoms with Gasteiger partial charge in [0.15, 0.2) is 18.9 Å². The molecule has 3 saturated heterocycles. The highest BCUT2D eigenvalue weighted by atomic mass is 16.8. The lowest BCUT2D eigenvalue weighted by molar-refractivity contribution is -0.379. The summed E-state index contributed by atoms with van der Waals surface area (Å²) in [5.74, 6) is -0.297. The van der Waals surface area contributed by atoms with Crippen molar-refractivity contribution >= 4 is 5.91 Å². The number of hydrogen-bond donors (Lipinski definition) is 12. The molecule has 3 heterocycles. The van der Waals surface area contributed by atoms with Gasteiger partial charge in [0, 0.05) is 6.42 Å². The van der Waals surface area contributed by atoms with E-state index in [2.05, 4.69) is 79.9 Å². The first kappa shape index (κ1) is 73.5. The molecule has 0 aromatic rings. The Bertz CT molecular complexity index is 1780. The quantitative estimate of drug-likeness (QED) is 0.0238. The Morgan fingerprint density at radius 1 is 0.451 bits per heavy atom. The summed E-state index contributed by atoms with van der Waals surface area (Å²) < 4.78 is 34.3. The molecule has 0 aromatic carbocycles. The Balaban J connectivity index is 1.50. The second-order valence-corrected chi connectivity index (χ2v) is 22.1. The number of aliphatic hydroxyl groups excluding tert-OH is 11. The summed E-state index contributed by atoms with van der Waals surface area (Å²) in [6.45, 7) is 1.58. The van der Waals surface area contributed by atoms with Gasteiger partial charge in [0.2, 0.25) is 5.91 Å². The van der Waals surface area contributed by atoms with Gasteiger partial charge in [-0.25, -0.2) is 0 Å². The third-order valence-corrected chi connectivity index (χ3v) is 15.3. The van der Waals surface area contributed by atoms with Gasteiger partial charge in [-0.15, -0.1) is 0 Å². The Morgan fingerprint density at radius 3 is 1.32 bits per heavy atom. The zero-order valence-electron chi connectivity index (χ0n) is 49.4. The van der Waals surface area contributed by atoms with Gasteiger partial charge in [-0.1, -0.05) is 189 Å². The van der Waals surface area contributed by atoms with Crippen LogP contribution in [-0.2, 0) is 33.2 Å². The van der Waals surface area contributed by atoms with Crippen molar-refractivity contribution in [3.63, 3.8) is 0 Å². The SMILES string of the molecule is CC/C=C\C/C=C\C/C=C\C/C=C\C/C=C\CCCCCCCC(=O)NC(COC1OC(CO)C(OC2OC(CO)C(OC3OC(CO)C(O)C(O)C3O)C(O)C2O)C(O)C1O)C(O)/C=C/CCCCCCCCCCCCCCCC. The van der Waals surface area contributed by atoms with Gasteiger partial charge in [0.05, 0.1) is 38.6 Å². The second kappa shape index (κ2) is 45.5. The van der Waals surface area contributed by atoms with Crippen LogP contribution in [0.25, 0.3) is 0 Å². The van der Waals surface area contributed by atoms with E-state index in [0.29, 0.717) is 6.42 Å². The smallest absolute Gasteiger partial charge is 0.220 e. The predicted molar refractivity (Wildman–Crippen MR) is 314 cm³/mol. The molecule has 0 spiro atoms. The Kier molecular flexibility index (Phi) is 40.8. The van der Waals surface area contributed by atoms with Crippen molar-refractivity contribution in [1.29, 1.82) is 0 Å². The van der Waals surface area contributed by atoms with Crippen molar-refractivity contribution in [2.24, 2.45) is 0 Å². The summed E-state index contributed by atoms with van der Waals surface area (Å²) in [6.07, 6.45) is 27.2. The van der Waals surface area contributed by atoms with Crippen LogP contribution in [0.4, 0.5) is 0 Å². The minimum Gasteiger partial charge on any atom is -0.394 e. The van der Waals surface area contributed by atoms with Gasteiger partial charge in [0.25, 0.3) is 0 Å². The van der Waals surface area contributed by atoms with E-state index in [4.69, 9.17) is 28.4 Å². The third kappa shape index (κ3) is 28.6. The molecule has 3 rings (SSSR count). The van der Waals surface area contributed by atoms with Crippen LogP contribution in [0.3, 0.4) is 0 Å². The molecule has 19 heteroatoms. The first-order chi connectivity index (χ1) is 39.8. The third-order valence-electron chi connectivity index (χ3n) is 15.3. The molecule has 474 valence electrons. The molecule has 3 aliphatic rings. The van der Waals surface area contributed by atoms with E-state index >= 15 is 0 Å². The van der Waals surface area contributed by atoms with Crippen LogP contribution in [-0.4, -0.2) is 193 Å². The molecule has 17 atom stereocenters. The highest BCUT2D eigenvalue weighted by Crippen LogP contribution is 2.33. The summed E-state index contributed by atoms with van der Waals surface area (Å²) in [7, 11) is 0. The minimum absolute atomic E-state index is 0.217. The molecule has 82 heavy (non-hydrogen) atoms. The fraction of sp³-hybridized carbons (Fsp3) is 0.794. The van der Waals surface area contributed by atoms with Crippen molar-refractivity contribution in [3.8, 4) is 0 Å². The van der Waals surface area contributed by atoms with Crippen molar-refractivity contribution in [2.75, 3.05) is 26.4 Å². The van der Waals surface area contributed by atoms with Crippen LogP contribution in [0.1, 0.15) is 187 Å². The zero-order valence-corrected chi connectivity index (χ0v) is 49.4. The van der Waals surface area contributed by atoms with Gasteiger partial charge in [0.1, 0.15) is 73.2 Å². The Labute approximate surface area is 489 Å². The monoisotopic (exact) mass is 1170 g/mol. The van der Waals surface area contributed by atoms with Crippen molar-refractivity contribution in [3.05, 3.63) is 72.9 Å². The van der Waals surface area contributed by atoms with Crippen molar-refractivity contribution in [2.45, 2.75) is 291 Å². The lowest BCUT2D eigenvalue weighted by Gasteiger charge is -2.48. The second-order valence-electron chi connectivity index (χ2n) is 22.1. The van der Waals surface area contributed by atoms with Gasteiger partial charge < -0.3 is 89.9 Å². The molecule has 17 unspecified atom stereocenters. The number of unbranched alkanes of at least 4 members (excludes halogenated alkanes) is 19. The summed E-state index contributed by atoms with van der Waals surface area (Å²) in [6, 6.07) is -0.987. The fourth-order valence-corrected chi connectivity index (χ4v) is 10.2. The molecule has 0 saturated carbocycles.